The Balaban J connectivity index is 5.20. The summed E-state index contributed by atoms with van der Waals surface area (Å²) in [5.41, 5.74) is -1.90. The molecule has 0 saturated heterocycles. The van der Waals surface area contributed by atoms with Crippen molar-refractivity contribution in [3.8, 4) is 0 Å². The number of hydrogen-bond acceptors (Lipinski definition) is 6. The van der Waals surface area contributed by atoms with E-state index in [4.69, 9.17) is 14.6 Å². The van der Waals surface area contributed by atoms with Crippen molar-refractivity contribution < 1.29 is 33.7 Å². The van der Waals surface area contributed by atoms with E-state index in [1.165, 1.54) is 6.08 Å². The maximum atomic E-state index is 11.8. The summed E-state index contributed by atoms with van der Waals surface area (Å²) in [5, 5.41) is 8.87. The molecular formula is C12H18O7. The summed E-state index contributed by atoms with van der Waals surface area (Å²) in [6.07, 6.45) is 0.102. The van der Waals surface area contributed by atoms with E-state index < -0.39 is 36.4 Å². The van der Waals surface area contributed by atoms with Crippen molar-refractivity contribution in [1.82, 2.24) is 0 Å². The van der Waals surface area contributed by atoms with Crippen molar-refractivity contribution in [1.29, 1.82) is 0 Å². The van der Waals surface area contributed by atoms with E-state index in [1.54, 1.807) is 6.92 Å². The van der Waals surface area contributed by atoms with Gasteiger partial charge in [0, 0.05) is 0 Å². The summed E-state index contributed by atoms with van der Waals surface area (Å²) < 4.78 is 14.4. The van der Waals surface area contributed by atoms with Crippen LogP contribution in [0.25, 0.3) is 0 Å². The monoisotopic (exact) mass is 274 g/mol. The van der Waals surface area contributed by atoms with Crippen molar-refractivity contribution in [3.05, 3.63) is 12.7 Å². The molecule has 108 valence electrons. The van der Waals surface area contributed by atoms with Crippen molar-refractivity contribution in [2.75, 3.05) is 20.3 Å². The van der Waals surface area contributed by atoms with Gasteiger partial charge in [-0.05, 0) is 6.92 Å². The summed E-state index contributed by atoms with van der Waals surface area (Å²) >= 11 is 0. The molecule has 0 saturated carbocycles. The second-order valence-corrected chi connectivity index (χ2v) is 3.64. The van der Waals surface area contributed by atoms with E-state index >= 15 is 0 Å². The molecule has 0 aliphatic carbocycles. The highest BCUT2D eigenvalue weighted by Crippen LogP contribution is 2.24. The second-order valence-electron chi connectivity index (χ2n) is 3.64. The molecule has 0 fully saturated rings. The Bertz CT molecular complexity index is 350. The normalized spacial score (nSPS) is 13.2. The zero-order valence-electron chi connectivity index (χ0n) is 11.0. The fraction of sp³-hybridized carbons (Fsp3) is 0.583. The maximum absolute atomic E-state index is 11.8. The lowest BCUT2D eigenvalue weighted by atomic mass is 9.95. The van der Waals surface area contributed by atoms with Crippen LogP contribution in [0.2, 0.25) is 0 Å². The topological polar surface area (TPSA) is 99.1 Å². The summed E-state index contributed by atoms with van der Waals surface area (Å²) in [7, 11) is 1.08. The Hall–Kier alpha value is -1.89. The van der Waals surface area contributed by atoms with E-state index in [0.29, 0.717) is 0 Å². The van der Waals surface area contributed by atoms with Gasteiger partial charge in [0.15, 0.2) is 5.60 Å². The van der Waals surface area contributed by atoms with Gasteiger partial charge in [-0.3, -0.25) is 9.59 Å². The maximum Gasteiger partial charge on any atom is 0.339 e. The number of esters is 2. The predicted molar refractivity (Wildman–Crippen MR) is 64.4 cm³/mol. The lowest BCUT2D eigenvalue weighted by molar-refractivity contribution is -0.180. The molecule has 0 heterocycles. The summed E-state index contributed by atoms with van der Waals surface area (Å²) in [5.74, 6) is -2.97. The lowest BCUT2D eigenvalue weighted by Crippen LogP contribution is -2.46. The first-order valence-electron chi connectivity index (χ1n) is 5.62. The molecule has 7 heteroatoms. The second kappa shape index (κ2) is 8.25. The number of carbonyl (C=O) groups excluding carboxylic acids is 2. The van der Waals surface area contributed by atoms with E-state index in [2.05, 4.69) is 11.3 Å². The van der Waals surface area contributed by atoms with Gasteiger partial charge in [0.2, 0.25) is 0 Å². The van der Waals surface area contributed by atoms with Crippen LogP contribution in [0.4, 0.5) is 0 Å². The molecular weight excluding hydrogens is 256 g/mol. The third-order valence-electron chi connectivity index (χ3n) is 2.21. The van der Waals surface area contributed by atoms with E-state index in [0.717, 1.165) is 7.11 Å². The summed E-state index contributed by atoms with van der Waals surface area (Å²) in [4.78, 5) is 34.1. The molecule has 1 atom stereocenters. The van der Waals surface area contributed by atoms with Crippen LogP contribution in [0, 0.1) is 0 Å². The van der Waals surface area contributed by atoms with Gasteiger partial charge in [-0.25, -0.2) is 4.79 Å². The molecule has 0 aromatic heterocycles. The van der Waals surface area contributed by atoms with E-state index in [-0.39, 0.29) is 13.2 Å². The first-order chi connectivity index (χ1) is 8.91. The first-order valence-corrected chi connectivity index (χ1v) is 5.62. The minimum atomic E-state index is -1.90. The van der Waals surface area contributed by atoms with Crippen LogP contribution in [0.1, 0.15) is 19.8 Å². The molecule has 0 aromatic rings. The fourth-order valence-corrected chi connectivity index (χ4v) is 1.46. The summed E-state index contributed by atoms with van der Waals surface area (Å²) in [6.45, 7) is 5.02. The largest absolute Gasteiger partial charge is 0.481 e. The van der Waals surface area contributed by atoms with Gasteiger partial charge >= 0.3 is 17.9 Å². The molecule has 0 spiro atoms. The molecule has 7 nitrogen and oxygen atoms in total. The number of aliphatic carboxylic acids is 1. The Labute approximate surface area is 111 Å². The third kappa shape index (κ3) is 5.52. The fourth-order valence-electron chi connectivity index (χ4n) is 1.46. The minimum Gasteiger partial charge on any atom is -0.481 e. The number of rotatable bonds is 9. The molecule has 0 aliphatic rings. The Morgan fingerprint density at radius 1 is 1.32 bits per heavy atom. The van der Waals surface area contributed by atoms with Crippen LogP contribution in [0.15, 0.2) is 12.7 Å². The van der Waals surface area contributed by atoms with Gasteiger partial charge in [0.1, 0.15) is 0 Å². The van der Waals surface area contributed by atoms with Crippen LogP contribution in [0.3, 0.4) is 0 Å². The van der Waals surface area contributed by atoms with Crippen LogP contribution in [0.5, 0.6) is 0 Å². The standard InChI is InChI=1S/C12H18O7/c1-4-6-19-12(7-9(13)14,11(16)17-3)8-10(15)18-5-2/h4H,1,5-8H2,2-3H3,(H,13,14). The SMILES string of the molecule is C=CCOC(CC(=O)O)(CC(=O)OCC)C(=O)OC. The van der Waals surface area contributed by atoms with Crippen molar-refractivity contribution >= 4 is 17.9 Å². The molecule has 0 aliphatic heterocycles. The molecule has 1 unspecified atom stereocenters. The average molecular weight is 274 g/mol. The van der Waals surface area contributed by atoms with E-state index in [9.17, 15) is 14.4 Å². The van der Waals surface area contributed by atoms with Gasteiger partial charge in [0.05, 0.1) is 33.2 Å². The van der Waals surface area contributed by atoms with Gasteiger partial charge in [-0.15, -0.1) is 6.58 Å². The predicted octanol–water partition coefficient (Wildman–Crippen LogP) is 0.529. The Morgan fingerprint density at radius 2 is 1.95 bits per heavy atom. The molecule has 0 rings (SSSR count). The minimum absolute atomic E-state index is 0.0955. The van der Waals surface area contributed by atoms with Crippen molar-refractivity contribution in [3.63, 3.8) is 0 Å². The third-order valence-corrected chi connectivity index (χ3v) is 2.21. The Morgan fingerprint density at radius 3 is 2.37 bits per heavy atom. The zero-order valence-corrected chi connectivity index (χ0v) is 11.0. The number of carboxylic acid groups (broad SMARTS) is 1. The van der Waals surface area contributed by atoms with Crippen LogP contribution < -0.4 is 0 Å². The first kappa shape index (κ1) is 17.1. The molecule has 0 amide bonds. The average Bonchev–Trinajstić information content (AvgIpc) is 2.34. The Kier molecular flexibility index (Phi) is 7.43. The summed E-state index contributed by atoms with van der Waals surface area (Å²) in [6, 6.07) is 0. The highest BCUT2D eigenvalue weighted by Gasteiger charge is 2.45. The smallest absolute Gasteiger partial charge is 0.339 e. The van der Waals surface area contributed by atoms with Crippen molar-refractivity contribution in [2.45, 2.75) is 25.4 Å². The van der Waals surface area contributed by atoms with Crippen LogP contribution >= 0.6 is 0 Å². The zero-order chi connectivity index (χ0) is 14.9. The van der Waals surface area contributed by atoms with Gasteiger partial charge in [-0.1, -0.05) is 6.08 Å². The van der Waals surface area contributed by atoms with Gasteiger partial charge in [-0.2, -0.15) is 0 Å². The van der Waals surface area contributed by atoms with Gasteiger partial charge in [0.25, 0.3) is 0 Å². The number of ether oxygens (including phenoxy) is 3. The van der Waals surface area contributed by atoms with E-state index in [1.807, 2.05) is 0 Å². The molecule has 0 aromatic carbocycles. The molecule has 1 N–H and O–H groups in total. The van der Waals surface area contributed by atoms with Crippen molar-refractivity contribution in [2.24, 2.45) is 0 Å². The number of carboxylic acids is 1. The quantitative estimate of drug-likeness (QED) is 0.483. The molecule has 0 radical (unpaired) electrons. The van der Waals surface area contributed by atoms with Crippen LogP contribution in [-0.4, -0.2) is 48.9 Å². The van der Waals surface area contributed by atoms with Gasteiger partial charge < -0.3 is 19.3 Å². The highest BCUT2D eigenvalue weighted by molar-refractivity contribution is 5.90. The molecule has 0 bridgehead atoms. The number of methoxy groups -OCH3 is 1. The lowest BCUT2D eigenvalue weighted by Gasteiger charge is -2.28. The number of carbonyl (C=O) groups is 3. The highest BCUT2D eigenvalue weighted by atomic mass is 16.6. The van der Waals surface area contributed by atoms with Crippen LogP contribution in [-0.2, 0) is 28.6 Å². The number of hydrogen-bond donors (Lipinski definition) is 1. The molecule has 19 heavy (non-hydrogen) atoms.